The molecule has 0 aliphatic carbocycles. The van der Waals surface area contributed by atoms with E-state index in [-0.39, 0.29) is 6.54 Å². The zero-order chi connectivity index (χ0) is 14.8. The second kappa shape index (κ2) is 5.54. The maximum atomic E-state index is 12.2. The number of hydrogen-bond donors (Lipinski definition) is 2. The fourth-order valence-corrected chi connectivity index (χ4v) is 2.85. The van der Waals surface area contributed by atoms with Crippen molar-refractivity contribution in [2.75, 3.05) is 20.3 Å². The highest BCUT2D eigenvalue weighted by atomic mass is 32.2. The fraction of sp³-hybridized carbons (Fsp3) is 0.364. The molecule has 1 rings (SSSR count). The van der Waals surface area contributed by atoms with Gasteiger partial charge in [0.15, 0.2) is 0 Å². The van der Waals surface area contributed by atoms with Gasteiger partial charge in [-0.3, -0.25) is 0 Å². The van der Waals surface area contributed by atoms with Crippen molar-refractivity contribution in [2.45, 2.75) is 11.8 Å². The molecule has 0 bridgehead atoms. The van der Waals surface area contributed by atoms with Crippen LogP contribution in [-0.2, 0) is 10.0 Å². The first-order valence-electron chi connectivity index (χ1n) is 5.31. The fourth-order valence-electron chi connectivity index (χ4n) is 1.51. The van der Waals surface area contributed by atoms with Crippen molar-refractivity contribution in [3.63, 3.8) is 0 Å². The molecule has 0 aromatic heterocycles. The number of phenols is 1. The van der Waals surface area contributed by atoms with Gasteiger partial charge in [-0.05, 0) is 24.6 Å². The molecule has 0 amide bonds. The predicted octanol–water partition coefficient (Wildman–Crippen LogP) is 0.989. The monoisotopic (exact) mass is 291 g/mol. The van der Waals surface area contributed by atoms with Crippen molar-refractivity contribution in [1.29, 1.82) is 0 Å². The van der Waals surface area contributed by atoms with Crippen molar-refractivity contribution in [3.8, 4) is 5.75 Å². The third kappa shape index (κ3) is 3.02. The summed E-state index contributed by atoms with van der Waals surface area (Å²) in [6.45, 7) is 0.242. The molecule has 0 unspecified atom stereocenters. The van der Waals surface area contributed by atoms with Gasteiger partial charge in [0.05, 0.1) is 0 Å². The van der Waals surface area contributed by atoms with Crippen LogP contribution in [-0.4, -0.2) is 49.2 Å². The summed E-state index contributed by atoms with van der Waals surface area (Å²) >= 11 is 0. The van der Waals surface area contributed by atoms with Gasteiger partial charge in [-0.15, -0.1) is 0 Å². The third-order valence-electron chi connectivity index (χ3n) is 2.54. The van der Waals surface area contributed by atoms with E-state index in [0.717, 1.165) is 19.2 Å². The number of benzene rings is 1. The number of sulfonamides is 1. The average molecular weight is 291 g/mol. The molecular formula is C11H14FNO5S. The van der Waals surface area contributed by atoms with Crippen molar-refractivity contribution in [2.24, 2.45) is 0 Å². The van der Waals surface area contributed by atoms with Gasteiger partial charge in [-0.25, -0.2) is 17.6 Å². The Morgan fingerprint density at radius 1 is 1.42 bits per heavy atom. The van der Waals surface area contributed by atoms with E-state index in [1.54, 1.807) is 0 Å². The molecule has 6 nitrogen and oxygen atoms in total. The zero-order valence-corrected chi connectivity index (χ0v) is 11.2. The molecule has 0 heterocycles. The summed E-state index contributed by atoms with van der Waals surface area (Å²) in [5, 5.41) is 18.6. The van der Waals surface area contributed by atoms with Gasteiger partial charge in [0.1, 0.15) is 22.9 Å². The van der Waals surface area contributed by atoms with Crippen LogP contribution in [0.15, 0.2) is 17.0 Å². The number of hydrogen-bond acceptors (Lipinski definition) is 4. The van der Waals surface area contributed by atoms with Crippen LogP contribution in [0.4, 0.5) is 4.39 Å². The molecular weight excluding hydrogens is 277 g/mol. The Morgan fingerprint density at radius 3 is 2.47 bits per heavy atom. The van der Waals surface area contributed by atoms with Crippen molar-refractivity contribution >= 4 is 16.0 Å². The Balaban J connectivity index is 3.47. The summed E-state index contributed by atoms with van der Waals surface area (Å²) in [5.41, 5.74) is -0.144. The third-order valence-corrected chi connectivity index (χ3v) is 4.41. The standard InChI is InChI=1S/C11H14FNO5S/c1-7-5-8(11(15)16)10(14)9(6-7)19(17,18)13(2)4-3-12/h5-6,14H,3-4H2,1-2H3,(H,15,16). The molecule has 0 spiro atoms. The van der Waals surface area contributed by atoms with Crippen LogP contribution in [0.3, 0.4) is 0 Å². The number of halogens is 1. The van der Waals surface area contributed by atoms with Gasteiger partial charge < -0.3 is 10.2 Å². The average Bonchev–Trinajstić information content (AvgIpc) is 2.31. The highest BCUT2D eigenvalue weighted by Gasteiger charge is 2.27. The van der Waals surface area contributed by atoms with Crippen LogP contribution in [0.1, 0.15) is 15.9 Å². The van der Waals surface area contributed by atoms with E-state index in [1.165, 1.54) is 6.92 Å². The number of carbonyl (C=O) groups is 1. The molecule has 0 aliphatic rings. The summed E-state index contributed by atoms with van der Waals surface area (Å²) in [6.07, 6.45) is 0. The molecule has 0 saturated carbocycles. The van der Waals surface area contributed by atoms with Crippen LogP contribution >= 0.6 is 0 Å². The van der Waals surface area contributed by atoms with Crippen LogP contribution in [0.2, 0.25) is 0 Å². The minimum absolute atomic E-state index is 0.363. The van der Waals surface area contributed by atoms with Gasteiger partial charge in [0.2, 0.25) is 10.0 Å². The molecule has 0 fully saturated rings. The maximum absolute atomic E-state index is 12.2. The van der Waals surface area contributed by atoms with Gasteiger partial charge >= 0.3 is 5.97 Å². The molecule has 0 radical (unpaired) electrons. The first-order chi connectivity index (χ1) is 8.71. The molecule has 19 heavy (non-hydrogen) atoms. The predicted molar refractivity (Wildman–Crippen MR) is 65.6 cm³/mol. The number of carboxylic acids is 1. The van der Waals surface area contributed by atoms with E-state index in [0.29, 0.717) is 9.87 Å². The maximum Gasteiger partial charge on any atom is 0.339 e. The number of aromatic hydroxyl groups is 1. The highest BCUT2D eigenvalue weighted by Crippen LogP contribution is 2.30. The Morgan fingerprint density at radius 2 is 2.00 bits per heavy atom. The minimum Gasteiger partial charge on any atom is -0.506 e. The smallest absolute Gasteiger partial charge is 0.339 e. The first kappa shape index (κ1) is 15.4. The summed E-state index contributed by atoms with van der Waals surface area (Å²) in [7, 11) is -2.98. The largest absolute Gasteiger partial charge is 0.506 e. The molecule has 2 N–H and O–H groups in total. The van der Waals surface area contributed by atoms with Crippen molar-refractivity contribution in [3.05, 3.63) is 23.3 Å². The number of aryl methyl sites for hydroxylation is 1. The summed E-state index contributed by atoms with van der Waals surface area (Å²) < 4.78 is 37.1. The number of aromatic carboxylic acids is 1. The van der Waals surface area contributed by atoms with Crippen LogP contribution < -0.4 is 0 Å². The Bertz CT molecular complexity index is 599. The second-order valence-electron chi connectivity index (χ2n) is 3.98. The SMILES string of the molecule is Cc1cc(C(=O)O)c(O)c(S(=O)(=O)N(C)CCF)c1. The van der Waals surface area contributed by atoms with Gasteiger partial charge in [-0.1, -0.05) is 0 Å². The van der Waals surface area contributed by atoms with Crippen molar-refractivity contribution in [1.82, 2.24) is 4.31 Å². The molecule has 106 valence electrons. The summed E-state index contributed by atoms with van der Waals surface area (Å²) in [4.78, 5) is 10.4. The lowest BCUT2D eigenvalue weighted by Crippen LogP contribution is -2.29. The Hall–Kier alpha value is -1.67. The molecule has 8 heteroatoms. The second-order valence-corrected chi connectivity index (χ2v) is 5.99. The van der Waals surface area contributed by atoms with E-state index in [9.17, 15) is 22.7 Å². The van der Waals surface area contributed by atoms with Crippen LogP contribution in [0, 0.1) is 6.92 Å². The first-order valence-corrected chi connectivity index (χ1v) is 6.75. The molecule has 0 aliphatic heterocycles. The molecule has 1 aromatic carbocycles. The quantitative estimate of drug-likeness (QED) is 0.843. The lowest BCUT2D eigenvalue weighted by Gasteiger charge is -2.17. The minimum atomic E-state index is -4.13. The van der Waals surface area contributed by atoms with E-state index in [1.807, 2.05) is 0 Å². The van der Waals surface area contributed by atoms with Crippen LogP contribution in [0.25, 0.3) is 0 Å². The zero-order valence-electron chi connectivity index (χ0n) is 10.4. The normalized spacial score (nSPS) is 11.8. The molecule has 0 saturated heterocycles. The Labute approximate surface area is 110 Å². The lowest BCUT2D eigenvalue weighted by molar-refractivity contribution is 0.0693. The van der Waals surface area contributed by atoms with Gasteiger partial charge in [0, 0.05) is 13.6 Å². The summed E-state index contributed by atoms with van der Waals surface area (Å²) in [6, 6.07) is 2.30. The van der Waals surface area contributed by atoms with Crippen LogP contribution in [0.5, 0.6) is 5.75 Å². The Kier molecular flexibility index (Phi) is 4.48. The molecule has 1 aromatic rings. The van der Waals surface area contributed by atoms with Gasteiger partial charge in [-0.2, -0.15) is 4.31 Å². The van der Waals surface area contributed by atoms with Gasteiger partial charge in [0.25, 0.3) is 0 Å². The number of rotatable bonds is 5. The number of nitrogens with zero attached hydrogens (tertiary/aromatic N) is 1. The van der Waals surface area contributed by atoms with Crippen molar-refractivity contribution < 1.29 is 27.8 Å². The van der Waals surface area contributed by atoms with E-state index >= 15 is 0 Å². The topological polar surface area (TPSA) is 94.9 Å². The van der Waals surface area contributed by atoms with E-state index in [2.05, 4.69) is 0 Å². The van der Waals surface area contributed by atoms with E-state index < -0.39 is 38.9 Å². The molecule has 0 atom stereocenters. The van der Waals surface area contributed by atoms with E-state index in [4.69, 9.17) is 5.11 Å². The number of alkyl halides is 1. The number of carboxylic acid groups (broad SMARTS) is 1. The lowest BCUT2D eigenvalue weighted by atomic mass is 10.1. The summed E-state index contributed by atoms with van der Waals surface area (Å²) in [5.74, 6) is -2.28. The highest BCUT2D eigenvalue weighted by molar-refractivity contribution is 7.89.